The van der Waals surface area contributed by atoms with Crippen LogP contribution in [0.15, 0.2) is 48.8 Å². The molecule has 2 aromatic heterocycles. The molecule has 0 unspecified atom stereocenters. The molecule has 3 aromatic rings. The maximum absolute atomic E-state index is 9.18. The number of ether oxygens (including phenoxy) is 1. The standard InChI is InChI=1S/C14H13N3O2/c15-10-5-6-17-8-11(16-14(17)7-10)9-19-13-3-1-12(18)2-4-13/h1-8,18H,9,15H2. The van der Waals surface area contributed by atoms with E-state index in [9.17, 15) is 5.11 Å². The molecule has 0 saturated carbocycles. The van der Waals surface area contributed by atoms with E-state index in [0.29, 0.717) is 18.0 Å². The number of fused-ring (bicyclic) bond motifs is 1. The van der Waals surface area contributed by atoms with Crippen LogP contribution in [0.5, 0.6) is 11.5 Å². The molecule has 96 valence electrons. The summed E-state index contributed by atoms with van der Waals surface area (Å²) < 4.78 is 7.48. The molecule has 0 saturated heterocycles. The summed E-state index contributed by atoms with van der Waals surface area (Å²) in [5, 5.41) is 9.18. The zero-order valence-electron chi connectivity index (χ0n) is 10.2. The fourth-order valence-corrected chi connectivity index (χ4v) is 1.82. The predicted octanol–water partition coefficient (Wildman–Crippen LogP) is 2.20. The Labute approximate surface area is 109 Å². The molecule has 0 atom stereocenters. The Bertz CT molecular complexity index is 704. The van der Waals surface area contributed by atoms with E-state index in [1.54, 1.807) is 24.3 Å². The first-order valence-electron chi connectivity index (χ1n) is 5.86. The van der Waals surface area contributed by atoms with Crippen LogP contribution in [0.3, 0.4) is 0 Å². The molecule has 0 bridgehead atoms. The molecule has 19 heavy (non-hydrogen) atoms. The first-order valence-corrected chi connectivity index (χ1v) is 5.86. The van der Waals surface area contributed by atoms with Gasteiger partial charge in [-0.25, -0.2) is 4.98 Å². The molecule has 0 aliphatic carbocycles. The van der Waals surface area contributed by atoms with Crippen LogP contribution in [-0.2, 0) is 6.61 Å². The molecular formula is C14H13N3O2. The first-order chi connectivity index (χ1) is 9.20. The van der Waals surface area contributed by atoms with Gasteiger partial charge in [0.05, 0.1) is 5.69 Å². The lowest BCUT2D eigenvalue weighted by atomic mass is 10.3. The van der Waals surface area contributed by atoms with Gasteiger partial charge in [0.2, 0.25) is 0 Å². The first kappa shape index (κ1) is 11.4. The third kappa shape index (κ3) is 2.44. The van der Waals surface area contributed by atoms with Crippen molar-refractivity contribution in [2.75, 3.05) is 5.73 Å². The monoisotopic (exact) mass is 255 g/mol. The maximum atomic E-state index is 9.18. The van der Waals surface area contributed by atoms with Gasteiger partial charge in [0.15, 0.2) is 0 Å². The third-order valence-corrected chi connectivity index (χ3v) is 2.76. The minimum Gasteiger partial charge on any atom is -0.508 e. The summed E-state index contributed by atoms with van der Waals surface area (Å²) in [6.07, 6.45) is 3.76. The van der Waals surface area contributed by atoms with Gasteiger partial charge in [-0.3, -0.25) is 0 Å². The molecule has 0 radical (unpaired) electrons. The van der Waals surface area contributed by atoms with Crippen molar-refractivity contribution in [3.8, 4) is 11.5 Å². The second-order valence-electron chi connectivity index (χ2n) is 4.24. The Kier molecular flexibility index (Phi) is 2.72. The van der Waals surface area contributed by atoms with Crippen LogP contribution in [-0.4, -0.2) is 14.5 Å². The smallest absolute Gasteiger partial charge is 0.139 e. The van der Waals surface area contributed by atoms with Crippen molar-refractivity contribution in [1.82, 2.24) is 9.38 Å². The normalized spacial score (nSPS) is 10.7. The van der Waals surface area contributed by atoms with E-state index >= 15 is 0 Å². The van der Waals surface area contributed by atoms with Crippen LogP contribution in [0.25, 0.3) is 5.65 Å². The van der Waals surface area contributed by atoms with Gasteiger partial charge < -0.3 is 20.0 Å². The zero-order chi connectivity index (χ0) is 13.2. The SMILES string of the molecule is Nc1ccn2cc(COc3ccc(O)cc3)nc2c1. The van der Waals surface area contributed by atoms with Crippen molar-refractivity contribution in [1.29, 1.82) is 0 Å². The maximum Gasteiger partial charge on any atom is 0.139 e. The number of nitrogens with two attached hydrogens (primary N) is 1. The summed E-state index contributed by atoms with van der Waals surface area (Å²) in [5.74, 6) is 0.907. The Hall–Kier alpha value is -2.69. The number of pyridine rings is 1. The van der Waals surface area contributed by atoms with E-state index < -0.39 is 0 Å². The van der Waals surface area contributed by atoms with Crippen molar-refractivity contribution < 1.29 is 9.84 Å². The average Bonchev–Trinajstić information content (AvgIpc) is 2.80. The van der Waals surface area contributed by atoms with Crippen LogP contribution < -0.4 is 10.5 Å². The van der Waals surface area contributed by atoms with E-state index in [1.807, 2.05) is 28.9 Å². The Morgan fingerprint density at radius 1 is 1.21 bits per heavy atom. The van der Waals surface area contributed by atoms with Crippen molar-refractivity contribution >= 4 is 11.3 Å². The molecule has 0 fully saturated rings. The molecule has 3 N–H and O–H groups in total. The quantitative estimate of drug-likeness (QED) is 0.752. The molecule has 5 nitrogen and oxygen atoms in total. The molecule has 0 spiro atoms. The van der Waals surface area contributed by atoms with E-state index in [1.165, 1.54) is 0 Å². The molecule has 2 heterocycles. The number of anilines is 1. The fourth-order valence-electron chi connectivity index (χ4n) is 1.82. The number of aromatic hydroxyl groups is 1. The molecule has 5 heteroatoms. The van der Waals surface area contributed by atoms with Crippen LogP contribution in [0.1, 0.15) is 5.69 Å². The number of phenolic OH excluding ortho intramolecular Hbond substituents is 1. The Balaban J connectivity index is 1.76. The van der Waals surface area contributed by atoms with E-state index in [0.717, 1.165) is 11.3 Å². The lowest BCUT2D eigenvalue weighted by Crippen LogP contribution is -1.95. The number of nitrogen functional groups attached to an aromatic ring is 1. The Morgan fingerprint density at radius 2 is 2.00 bits per heavy atom. The predicted molar refractivity (Wildman–Crippen MR) is 72.0 cm³/mol. The number of hydrogen-bond acceptors (Lipinski definition) is 4. The van der Waals surface area contributed by atoms with Gasteiger partial charge >= 0.3 is 0 Å². The molecule has 1 aromatic carbocycles. The largest absolute Gasteiger partial charge is 0.508 e. The fraction of sp³-hybridized carbons (Fsp3) is 0.0714. The lowest BCUT2D eigenvalue weighted by Gasteiger charge is -2.03. The van der Waals surface area contributed by atoms with Gasteiger partial charge in [-0.2, -0.15) is 0 Å². The highest BCUT2D eigenvalue weighted by molar-refractivity contribution is 5.52. The highest BCUT2D eigenvalue weighted by Gasteiger charge is 2.03. The van der Waals surface area contributed by atoms with Crippen molar-refractivity contribution in [2.45, 2.75) is 6.61 Å². The number of rotatable bonds is 3. The highest BCUT2D eigenvalue weighted by atomic mass is 16.5. The average molecular weight is 255 g/mol. The van der Waals surface area contributed by atoms with E-state index in [-0.39, 0.29) is 5.75 Å². The van der Waals surface area contributed by atoms with Crippen LogP contribution in [0, 0.1) is 0 Å². The zero-order valence-corrected chi connectivity index (χ0v) is 10.2. The van der Waals surface area contributed by atoms with Crippen LogP contribution in [0.2, 0.25) is 0 Å². The molecule has 0 amide bonds. The molecule has 0 aliphatic rings. The second-order valence-corrected chi connectivity index (χ2v) is 4.24. The summed E-state index contributed by atoms with van der Waals surface area (Å²) in [4.78, 5) is 4.41. The number of hydrogen-bond donors (Lipinski definition) is 2. The third-order valence-electron chi connectivity index (χ3n) is 2.76. The Morgan fingerprint density at radius 3 is 2.79 bits per heavy atom. The topological polar surface area (TPSA) is 72.8 Å². The van der Waals surface area contributed by atoms with Gasteiger partial charge in [0.25, 0.3) is 0 Å². The van der Waals surface area contributed by atoms with Gasteiger partial charge in [-0.05, 0) is 30.3 Å². The van der Waals surface area contributed by atoms with Crippen LogP contribution in [0.4, 0.5) is 5.69 Å². The van der Waals surface area contributed by atoms with Gasteiger partial charge in [0, 0.05) is 24.1 Å². The lowest BCUT2D eigenvalue weighted by molar-refractivity contribution is 0.301. The highest BCUT2D eigenvalue weighted by Crippen LogP contribution is 2.17. The van der Waals surface area contributed by atoms with E-state index in [4.69, 9.17) is 10.5 Å². The minimum absolute atomic E-state index is 0.218. The molecular weight excluding hydrogens is 242 g/mol. The van der Waals surface area contributed by atoms with Crippen LogP contribution >= 0.6 is 0 Å². The summed E-state index contributed by atoms with van der Waals surface area (Å²) in [7, 11) is 0. The van der Waals surface area contributed by atoms with E-state index in [2.05, 4.69) is 4.98 Å². The number of benzene rings is 1. The van der Waals surface area contributed by atoms with Crippen molar-refractivity contribution in [3.63, 3.8) is 0 Å². The number of nitrogens with zero attached hydrogens (tertiary/aromatic N) is 2. The van der Waals surface area contributed by atoms with Gasteiger partial charge in [-0.15, -0.1) is 0 Å². The number of phenols is 1. The van der Waals surface area contributed by atoms with Crippen molar-refractivity contribution in [2.24, 2.45) is 0 Å². The summed E-state index contributed by atoms with van der Waals surface area (Å²) in [5.41, 5.74) is 8.00. The van der Waals surface area contributed by atoms with Gasteiger partial charge in [-0.1, -0.05) is 0 Å². The minimum atomic E-state index is 0.218. The molecule has 0 aliphatic heterocycles. The number of aromatic nitrogens is 2. The number of imidazole rings is 1. The molecule has 3 rings (SSSR count). The summed E-state index contributed by atoms with van der Waals surface area (Å²) in [6, 6.07) is 10.2. The summed E-state index contributed by atoms with van der Waals surface area (Å²) >= 11 is 0. The summed E-state index contributed by atoms with van der Waals surface area (Å²) in [6.45, 7) is 0.367. The van der Waals surface area contributed by atoms with Crippen molar-refractivity contribution in [3.05, 3.63) is 54.5 Å². The second kappa shape index (κ2) is 4.53. The van der Waals surface area contributed by atoms with Gasteiger partial charge in [0.1, 0.15) is 23.8 Å².